The van der Waals surface area contributed by atoms with E-state index < -0.39 is 27.5 Å². The molecule has 0 saturated heterocycles. The standard InChI is InChI=1S/C27H50O7S.Na.H/c1-3-5-6-7-8-9-10-11-12-13-14-15-16-17-18-19-20-21-24-33-25(28)22-23-26(29)34-27(4-2)35(30,31)32;;/h22-23,27H,3-21,24H2,1-2H3,(H,30,31,32);;/q;+1;-1/b23-22-;;. The SMILES string of the molecule is CCCCCCCCCCCCCCCCCCCCOC(=O)/C=C\C(=O)OC(CC)S(=O)(=O)O.[H-].[Na+]. The number of carbonyl (C=O) groups excluding carboxylic acids is 2. The molecule has 0 fully saturated rings. The first-order valence-corrected chi connectivity index (χ1v) is 15.3. The molecule has 1 atom stereocenters. The maximum atomic E-state index is 11.6. The molecule has 0 amide bonds. The van der Waals surface area contributed by atoms with Gasteiger partial charge in [0, 0.05) is 12.2 Å². The van der Waals surface area contributed by atoms with Crippen LogP contribution in [0.1, 0.15) is 137 Å². The first-order chi connectivity index (χ1) is 16.8. The molecule has 208 valence electrons. The van der Waals surface area contributed by atoms with Gasteiger partial charge in [-0.3, -0.25) is 4.55 Å². The fourth-order valence-corrected chi connectivity index (χ4v) is 4.52. The molecule has 7 nitrogen and oxygen atoms in total. The molecule has 0 spiro atoms. The van der Waals surface area contributed by atoms with Crippen LogP contribution in [0.5, 0.6) is 0 Å². The van der Waals surface area contributed by atoms with E-state index in [9.17, 15) is 18.0 Å². The van der Waals surface area contributed by atoms with Crippen LogP contribution in [0.15, 0.2) is 12.2 Å². The van der Waals surface area contributed by atoms with Crippen molar-refractivity contribution in [3.8, 4) is 0 Å². The molecule has 36 heavy (non-hydrogen) atoms. The molecule has 0 heterocycles. The summed E-state index contributed by atoms with van der Waals surface area (Å²) < 4.78 is 40.5. The van der Waals surface area contributed by atoms with Gasteiger partial charge in [-0.15, -0.1) is 0 Å². The third-order valence-corrected chi connectivity index (χ3v) is 7.10. The number of hydrogen-bond donors (Lipinski definition) is 1. The van der Waals surface area contributed by atoms with Crippen molar-refractivity contribution >= 4 is 22.1 Å². The Morgan fingerprint density at radius 3 is 1.42 bits per heavy atom. The molecule has 0 radical (unpaired) electrons. The van der Waals surface area contributed by atoms with E-state index >= 15 is 0 Å². The van der Waals surface area contributed by atoms with Crippen LogP contribution >= 0.6 is 0 Å². The minimum atomic E-state index is -4.48. The summed E-state index contributed by atoms with van der Waals surface area (Å²) in [6, 6.07) is 0. The number of rotatable bonds is 24. The largest absolute Gasteiger partial charge is 1.00 e. The topological polar surface area (TPSA) is 107 Å². The van der Waals surface area contributed by atoms with Gasteiger partial charge >= 0.3 is 51.6 Å². The quantitative estimate of drug-likeness (QED) is 0.0633. The molecule has 1 unspecified atom stereocenters. The molecule has 0 aromatic heterocycles. The van der Waals surface area contributed by atoms with Gasteiger partial charge in [0.15, 0.2) is 0 Å². The zero-order valence-corrected chi connectivity index (χ0v) is 26.0. The Labute approximate surface area is 244 Å². The predicted molar refractivity (Wildman–Crippen MR) is 142 cm³/mol. The van der Waals surface area contributed by atoms with E-state index in [4.69, 9.17) is 9.29 Å². The Morgan fingerprint density at radius 1 is 0.694 bits per heavy atom. The normalized spacial score (nSPS) is 12.3. The molecule has 0 rings (SSSR count). The van der Waals surface area contributed by atoms with Crippen LogP contribution in [-0.2, 0) is 29.2 Å². The number of unbranched alkanes of at least 4 members (excludes halogenated alkanes) is 17. The van der Waals surface area contributed by atoms with Crippen molar-refractivity contribution in [3.05, 3.63) is 12.2 Å². The summed E-state index contributed by atoms with van der Waals surface area (Å²) in [7, 11) is -4.48. The smallest absolute Gasteiger partial charge is 1.00 e. The fraction of sp³-hybridized carbons (Fsp3) is 0.852. The maximum absolute atomic E-state index is 11.6. The van der Waals surface area contributed by atoms with Crippen LogP contribution in [0, 0.1) is 0 Å². The second kappa shape index (κ2) is 26.2. The fourth-order valence-electron chi connectivity index (χ4n) is 3.88. The Balaban J connectivity index is -0.00000578. The summed E-state index contributed by atoms with van der Waals surface area (Å²) in [5.41, 5.74) is -1.64. The summed E-state index contributed by atoms with van der Waals surface area (Å²) in [5, 5.41) is 0. The molecule has 1 N–H and O–H groups in total. The van der Waals surface area contributed by atoms with Crippen LogP contribution in [0.4, 0.5) is 0 Å². The van der Waals surface area contributed by atoms with E-state index in [0.717, 1.165) is 31.4 Å². The van der Waals surface area contributed by atoms with Gasteiger partial charge in [-0.2, -0.15) is 8.42 Å². The zero-order chi connectivity index (χ0) is 26.2. The van der Waals surface area contributed by atoms with Gasteiger partial charge < -0.3 is 10.9 Å². The van der Waals surface area contributed by atoms with E-state index in [0.29, 0.717) is 0 Å². The van der Waals surface area contributed by atoms with Gasteiger partial charge in [-0.05, 0) is 12.8 Å². The summed E-state index contributed by atoms with van der Waals surface area (Å²) >= 11 is 0. The summed E-state index contributed by atoms with van der Waals surface area (Å²) in [5.74, 6) is -1.71. The van der Waals surface area contributed by atoms with Gasteiger partial charge in [-0.25, -0.2) is 9.59 Å². The minimum Gasteiger partial charge on any atom is -1.00 e. The van der Waals surface area contributed by atoms with E-state index in [2.05, 4.69) is 11.7 Å². The number of carbonyl (C=O) groups is 2. The Morgan fingerprint density at radius 2 is 1.06 bits per heavy atom. The van der Waals surface area contributed by atoms with Gasteiger partial charge in [0.25, 0.3) is 0 Å². The van der Waals surface area contributed by atoms with Gasteiger partial charge in [-0.1, -0.05) is 123 Å². The molecule has 0 aliphatic rings. The van der Waals surface area contributed by atoms with Crippen molar-refractivity contribution in [3.63, 3.8) is 0 Å². The van der Waals surface area contributed by atoms with Crippen molar-refractivity contribution in [2.75, 3.05) is 6.61 Å². The van der Waals surface area contributed by atoms with E-state index in [1.165, 1.54) is 103 Å². The summed E-state index contributed by atoms with van der Waals surface area (Å²) in [6.45, 7) is 3.99. The molecular weight excluding hydrogens is 491 g/mol. The maximum Gasteiger partial charge on any atom is 1.00 e. The molecular formula is C27H51NaO7S. The first-order valence-electron chi connectivity index (χ1n) is 13.8. The van der Waals surface area contributed by atoms with E-state index in [1.54, 1.807) is 0 Å². The third kappa shape index (κ3) is 25.2. The zero-order valence-electron chi connectivity index (χ0n) is 24.2. The Hall–Kier alpha value is -0.410. The van der Waals surface area contributed by atoms with Crippen molar-refractivity contribution in [2.24, 2.45) is 0 Å². The van der Waals surface area contributed by atoms with Crippen LogP contribution < -0.4 is 29.6 Å². The molecule has 0 aliphatic heterocycles. The van der Waals surface area contributed by atoms with E-state index in [-0.39, 0.29) is 44.0 Å². The second-order valence-electron chi connectivity index (χ2n) is 9.30. The predicted octanol–water partition coefficient (Wildman–Crippen LogP) is 4.41. The second-order valence-corrected chi connectivity index (χ2v) is 10.9. The number of esters is 2. The summed E-state index contributed by atoms with van der Waals surface area (Å²) in [4.78, 5) is 23.1. The molecule has 9 heteroatoms. The van der Waals surface area contributed by atoms with Gasteiger partial charge in [0.05, 0.1) is 6.61 Å². The van der Waals surface area contributed by atoms with E-state index in [1.807, 2.05) is 0 Å². The van der Waals surface area contributed by atoms with Crippen molar-refractivity contribution in [1.82, 2.24) is 0 Å². The van der Waals surface area contributed by atoms with Crippen molar-refractivity contribution < 1.29 is 63.0 Å². The van der Waals surface area contributed by atoms with Crippen LogP contribution in [-0.4, -0.2) is 37.0 Å². The monoisotopic (exact) mass is 542 g/mol. The van der Waals surface area contributed by atoms with Crippen LogP contribution in [0.3, 0.4) is 0 Å². The van der Waals surface area contributed by atoms with Gasteiger partial charge in [0.2, 0.25) is 5.44 Å². The number of hydrogen-bond acceptors (Lipinski definition) is 6. The molecule has 0 saturated carbocycles. The molecule has 0 aliphatic carbocycles. The van der Waals surface area contributed by atoms with Crippen molar-refractivity contribution in [1.29, 1.82) is 0 Å². The average Bonchev–Trinajstić information content (AvgIpc) is 2.81. The van der Waals surface area contributed by atoms with Crippen molar-refractivity contribution in [2.45, 2.75) is 141 Å². The van der Waals surface area contributed by atoms with Gasteiger partial charge in [0.1, 0.15) is 0 Å². The summed E-state index contributed by atoms with van der Waals surface area (Å²) in [6.07, 6.45) is 24.8. The molecule has 0 bridgehead atoms. The minimum absolute atomic E-state index is 0. The van der Waals surface area contributed by atoms with Crippen LogP contribution in [0.2, 0.25) is 0 Å². The van der Waals surface area contributed by atoms with Crippen LogP contribution in [0.25, 0.3) is 0 Å². The average molecular weight is 543 g/mol. The number of ether oxygens (including phenoxy) is 2. The third-order valence-electron chi connectivity index (χ3n) is 6.01. The Kier molecular flexibility index (Phi) is 27.5. The molecule has 0 aromatic carbocycles. The first kappa shape index (κ1) is 37.7. The Bertz CT molecular complexity index is 672. The molecule has 0 aromatic rings.